The Kier molecular flexibility index (Phi) is 6.18. The Hall–Kier alpha value is -5.21. The smallest absolute Gasteiger partial charge is 0.456 e. The molecule has 10 aromatic rings. The van der Waals surface area contributed by atoms with E-state index in [4.69, 9.17) is 38.6 Å². The lowest BCUT2D eigenvalue weighted by Gasteiger charge is -2.32. The Morgan fingerprint density at radius 1 is 0.420 bits per heavy atom. The fourth-order valence-corrected chi connectivity index (χ4v) is 7.51. The van der Waals surface area contributed by atoms with Gasteiger partial charge in [0.15, 0.2) is 0 Å². The standard InChI is InChI=1S/C24H21BO4.C18H9ClO2/c1-23(2)24(3,4)29-25(28-23)17-9-7-11-19-22(17)16-12-15-14-8-5-6-10-18(14)26-20(15)13-21(16)27-19;19-13-5-3-7-15-18(13)12-8-11-10-4-1-2-6-14(10)20-16(11)9-17(12)21-15/h5-13H,1-4H3;1-9H. The minimum atomic E-state index is -0.443. The van der Waals surface area contributed by atoms with Gasteiger partial charge in [-0.3, -0.25) is 0 Å². The summed E-state index contributed by atoms with van der Waals surface area (Å²) < 4.78 is 36.7. The van der Waals surface area contributed by atoms with Crippen molar-refractivity contribution in [3.05, 3.63) is 114 Å². The van der Waals surface area contributed by atoms with Crippen LogP contribution in [0.15, 0.2) is 127 Å². The first-order chi connectivity index (χ1) is 24.1. The maximum atomic E-state index is 6.34. The van der Waals surface area contributed by atoms with Crippen LogP contribution in [-0.4, -0.2) is 18.3 Å². The molecule has 0 unspecified atom stereocenters. The molecule has 0 N–H and O–H groups in total. The van der Waals surface area contributed by atoms with E-state index in [2.05, 4.69) is 58.0 Å². The zero-order valence-electron chi connectivity index (χ0n) is 27.8. The molecule has 6 nitrogen and oxygen atoms in total. The van der Waals surface area contributed by atoms with E-state index in [1.54, 1.807) is 0 Å². The highest BCUT2D eigenvalue weighted by molar-refractivity contribution is 6.66. The highest BCUT2D eigenvalue weighted by Crippen LogP contribution is 2.41. The van der Waals surface area contributed by atoms with Crippen LogP contribution in [0, 0.1) is 0 Å². The molecule has 8 heteroatoms. The van der Waals surface area contributed by atoms with E-state index in [0.29, 0.717) is 5.02 Å². The lowest BCUT2D eigenvalue weighted by Crippen LogP contribution is -2.41. The van der Waals surface area contributed by atoms with Crippen LogP contribution in [0.4, 0.5) is 0 Å². The summed E-state index contributed by atoms with van der Waals surface area (Å²) >= 11 is 6.34. The molecule has 0 aliphatic carbocycles. The normalized spacial score (nSPS) is 15.8. The maximum Gasteiger partial charge on any atom is 0.495 e. The summed E-state index contributed by atoms with van der Waals surface area (Å²) in [6.45, 7) is 8.28. The first-order valence-corrected chi connectivity index (χ1v) is 17.1. The van der Waals surface area contributed by atoms with E-state index in [1.807, 2.05) is 78.9 Å². The Bertz CT molecular complexity index is 2960. The van der Waals surface area contributed by atoms with Crippen LogP contribution in [0.2, 0.25) is 5.02 Å². The highest BCUT2D eigenvalue weighted by Gasteiger charge is 2.52. The van der Waals surface area contributed by atoms with Gasteiger partial charge < -0.3 is 27.0 Å². The Labute approximate surface area is 291 Å². The van der Waals surface area contributed by atoms with Gasteiger partial charge in [-0.15, -0.1) is 0 Å². The quantitative estimate of drug-likeness (QED) is 0.161. The molecule has 0 atom stereocenters. The molecule has 5 heterocycles. The van der Waals surface area contributed by atoms with E-state index >= 15 is 0 Å². The lowest BCUT2D eigenvalue weighted by atomic mass is 9.76. The molecule has 11 rings (SSSR count). The molecule has 1 saturated heterocycles. The van der Waals surface area contributed by atoms with Gasteiger partial charge in [0.25, 0.3) is 0 Å². The zero-order valence-corrected chi connectivity index (χ0v) is 28.6. The van der Waals surface area contributed by atoms with E-state index < -0.39 is 18.3 Å². The monoisotopic (exact) mass is 676 g/mol. The van der Waals surface area contributed by atoms with Gasteiger partial charge in [-0.2, -0.15) is 0 Å². The number of halogens is 1. The van der Waals surface area contributed by atoms with E-state index in [-0.39, 0.29) is 0 Å². The molecular weight excluding hydrogens is 647 g/mol. The summed E-state index contributed by atoms with van der Waals surface area (Å²) in [5.41, 5.74) is 6.85. The number of benzene rings is 6. The number of hydrogen-bond acceptors (Lipinski definition) is 6. The van der Waals surface area contributed by atoms with E-state index in [9.17, 15) is 0 Å². The topological polar surface area (TPSA) is 71.0 Å². The third-order valence-corrected chi connectivity index (χ3v) is 10.8. The van der Waals surface area contributed by atoms with Crippen LogP contribution in [-0.2, 0) is 9.31 Å². The van der Waals surface area contributed by atoms with Gasteiger partial charge in [0.05, 0.1) is 16.2 Å². The third-order valence-electron chi connectivity index (χ3n) is 10.5. The molecule has 0 amide bonds. The molecule has 50 heavy (non-hydrogen) atoms. The van der Waals surface area contributed by atoms with Gasteiger partial charge in [0.2, 0.25) is 0 Å². The first-order valence-electron chi connectivity index (χ1n) is 16.7. The van der Waals surface area contributed by atoms with Crippen LogP contribution >= 0.6 is 11.6 Å². The fraction of sp³-hybridized carbons (Fsp3) is 0.143. The number of hydrogen-bond donors (Lipinski definition) is 0. The average molecular weight is 677 g/mol. The zero-order chi connectivity index (χ0) is 33.9. The minimum Gasteiger partial charge on any atom is -0.456 e. The average Bonchev–Trinajstić information content (AvgIpc) is 3.88. The number of fused-ring (bicyclic) bond motifs is 12. The van der Waals surface area contributed by atoms with Crippen molar-refractivity contribution in [3.63, 3.8) is 0 Å². The Morgan fingerprint density at radius 2 is 0.860 bits per heavy atom. The summed E-state index contributed by atoms with van der Waals surface area (Å²) in [4.78, 5) is 0. The SMILES string of the molecule is CC1(C)OB(c2cccc3oc4cc5oc6ccccc6c5cc4c23)OC1(C)C.Clc1cccc2oc3cc4oc5ccccc5c4cc3c12. The molecule has 1 aliphatic heterocycles. The first kappa shape index (κ1) is 29.7. The second kappa shape index (κ2) is 10.4. The second-order valence-electron chi connectivity index (χ2n) is 14.0. The Balaban J connectivity index is 0.000000133. The van der Waals surface area contributed by atoms with Crippen LogP contribution in [0.3, 0.4) is 0 Å². The van der Waals surface area contributed by atoms with Gasteiger partial charge in [0.1, 0.15) is 44.7 Å². The third kappa shape index (κ3) is 4.30. The van der Waals surface area contributed by atoms with Crippen molar-refractivity contribution in [2.45, 2.75) is 38.9 Å². The van der Waals surface area contributed by atoms with Gasteiger partial charge in [0, 0.05) is 55.2 Å². The maximum absolute atomic E-state index is 6.34. The molecule has 1 fully saturated rings. The summed E-state index contributed by atoms with van der Waals surface area (Å²) in [6.07, 6.45) is 0. The molecule has 0 bridgehead atoms. The van der Waals surface area contributed by atoms with Crippen molar-refractivity contribution in [1.82, 2.24) is 0 Å². The molecule has 0 spiro atoms. The van der Waals surface area contributed by atoms with Crippen molar-refractivity contribution in [2.24, 2.45) is 0 Å². The molecule has 244 valence electrons. The van der Waals surface area contributed by atoms with Crippen molar-refractivity contribution in [3.8, 4) is 0 Å². The summed E-state index contributed by atoms with van der Waals surface area (Å²) in [6, 6.07) is 36.1. The highest BCUT2D eigenvalue weighted by atomic mass is 35.5. The minimum absolute atomic E-state index is 0.395. The predicted molar refractivity (Wildman–Crippen MR) is 203 cm³/mol. The van der Waals surface area contributed by atoms with Gasteiger partial charge >= 0.3 is 7.12 Å². The summed E-state index contributed by atoms with van der Waals surface area (Å²) in [7, 11) is -0.443. The molecule has 0 saturated carbocycles. The van der Waals surface area contributed by atoms with Crippen LogP contribution in [0.1, 0.15) is 27.7 Å². The summed E-state index contributed by atoms with van der Waals surface area (Å²) in [5.74, 6) is 0. The van der Waals surface area contributed by atoms with E-state index in [0.717, 1.165) is 93.2 Å². The van der Waals surface area contributed by atoms with Crippen molar-refractivity contribution >= 4 is 112 Å². The largest absolute Gasteiger partial charge is 0.495 e. The molecule has 4 aromatic heterocycles. The second-order valence-corrected chi connectivity index (χ2v) is 14.4. The molecular formula is C42H30BClO6. The predicted octanol–water partition coefficient (Wildman–Crippen LogP) is 11.9. The van der Waals surface area contributed by atoms with Gasteiger partial charge in [-0.25, -0.2) is 0 Å². The van der Waals surface area contributed by atoms with Crippen LogP contribution in [0.25, 0.3) is 87.8 Å². The van der Waals surface area contributed by atoms with E-state index in [1.165, 1.54) is 0 Å². The van der Waals surface area contributed by atoms with Crippen molar-refractivity contribution in [1.29, 1.82) is 0 Å². The molecule has 6 aromatic carbocycles. The van der Waals surface area contributed by atoms with Crippen LogP contribution < -0.4 is 5.46 Å². The summed E-state index contributed by atoms with van der Waals surface area (Å²) in [5, 5.41) is 9.15. The Morgan fingerprint density at radius 3 is 1.44 bits per heavy atom. The molecule has 0 radical (unpaired) electrons. The van der Waals surface area contributed by atoms with Crippen LogP contribution in [0.5, 0.6) is 0 Å². The van der Waals surface area contributed by atoms with Crippen molar-refractivity contribution in [2.75, 3.05) is 0 Å². The van der Waals surface area contributed by atoms with Gasteiger partial charge in [-0.05, 0) is 75.6 Å². The number of furan rings is 4. The van der Waals surface area contributed by atoms with Crippen molar-refractivity contribution < 1.29 is 27.0 Å². The number of rotatable bonds is 1. The number of para-hydroxylation sites is 2. The molecule has 1 aliphatic rings. The fourth-order valence-electron chi connectivity index (χ4n) is 7.24. The lowest BCUT2D eigenvalue weighted by molar-refractivity contribution is 0.00578. The van der Waals surface area contributed by atoms with Gasteiger partial charge in [-0.1, -0.05) is 66.2 Å².